The molecule has 38 heavy (non-hydrogen) atoms. The van der Waals surface area contributed by atoms with Gasteiger partial charge in [-0.1, -0.05) is 0 Å². The Balaban J connectivity index is 5.03. The van der Waals surface area contributed by atoms with Gasteiger partial charge in [-0.15, -0.1) is 0 Å². The van der Waals surface area contributed by atoms with Gasteiger partial charge in [-0.3, -0.25) is 29.0 Å². The van der Waals surface area contributed by atoms with Crippen molar-refractivity contribution in [2.75, 3.05) is 18.8 Å². The standard InChI is InChI=1S/C20H37N9O8S/c1-9(30)15(22)18(35)28-10(4-5-13(21)31)16(33)26-7-14(32)27-12(8-38)17(34)29-11(19(36)37)3-2-6-25-20(23)24/h9-12,15,30,38H,2-8,22H2,1H3,(H2,21,31)(H,26,33)(H,27,32)(H,28,35)(H,29,34)(H,36,37)(H4,23,24,25)/t9-,10-,11+,12-,15+/m1/s1. The van der Waals surface area contributed by atoms with E-state index in [-0.39, 0.29) is 43.9 Å². The van der Waals surface area contributed by atoms with Crippen LogP contribution in [0.25, 0.3) is 0 Å². The molecule has 0 saturated heterocycles. The number of nitrogens with zero attached hydrogens (tertiary/aromatic N) is 1. The summed E-state index contributed by atoms with van der Waals surface area (Å²) in [6.45, 7) is 0.787. The molecule has 0 aliphatic carbocycles. The van der Waals surface area contributed by atoms with Gasteiger partial charge in [-0.2, -0.15) is 12.6 Å². The van der Waals surface area contributed by atoms with E-state index in [2.05, 4.69) is 38.9 Å². The molecule has 0 rings (SSSR count). The molecule has 5 atom stereocenters. The predicted molar refractivity (Wildman–Crippen MR) is 138 cm³/mol. The fourth-order valence-electron chi connectivity index (χ4n) is 2.81. The largest absolute Gasteiger partial charge is 0.480 e. The van der Waals surface area contributed by atoms with Crippen molar-refractivity contribution < 1.29 is 39.0 Å². The molecule has 216 valence electrons. The Kier molecular flexibility index (Phi) is 16.1. The highest BCUT2D eigenvalue weighted by molar-refractivity contribution is 7.80. The van der Waals surface area contributed by atoms with E-state index in [4.69, 9.17) is 22.9 Å². The van der Waals surface area contributed by atoms with Gasteiger partial charge in [0.05, 0.1) is 12.6 Å². The van der Waals surface area contributed by atoms with Crippen LogP contribution in [0.3, 0.4) is 0 Å². The first kappa shape index (κ1) is 34.4. The number of aliphatic hydroxyl groups excluding tert-OH is 1. The normalized spacial score (nSPS) is 14.5. The van der Waals surface area contributed by atoms with Gasteiger partial charge in [0.1, 0.15) is 24.2 Å². The van der Waals surface area contributed by atoms with Gasteiger partial charge < -0.3 is 54.4 Å². The lowest BCUT2D eigenvalue weighted by atomic mass is 10.1. The molecule has 0 spiro atoms. The molecule has 0 radical (unpaired) electrons. The molecule has 18 heteroatoms. The first-order chi connectivity index (χ1) is 17.7. The molecule has 0 aliphatic heterocycles. The van der Waals surface area contributed by atoms with Crippen LogP contribution in [0.4, 0.5) is 0 Å². The van der Waals surface area contributed by atoms with Crippen LogP contribution in [-0.2, 0) is 28.8 Å². The highest BCUT2D eigenvalue weighted by Gasteiger charge is 2.28. The highest BCUT2D eigenvalue weighted by atomic mass is 32.1. The molecule has 14 N–H and O–H groups in total. The van der Waals surface area contributed by atoms with Crippen molar-refractivity contribution in [3.63, 3.8) is 0 Å². The summed E-state index contributed by atoms with van der Waals surface area (Å²) >= 11 is 3.99. The lowest BCUT2D eigenvalue weighted by molar-refractivity contribution is -0.142. The van der Waals surface area contributed by atoms with Crippen LogP contribution in [0.2, 0.25) is 0 Å². The van der Waals surface area contributed by atoms with E-state index in [1.807, 2.05) is 0 Å². The number of aliphatic hydroxyl groups is 1. The maximum atomic E-state index is 12.5. The Bertz CT molecular complexity index is 883. The number of rotatable bonds is 18. The van der Waals surface area contributed by atoms with Crippen LogP contribution in [0, 0.1) is 0 Å². The van der Waals surface area contributed by atoms with Crippen molar-refractivity contribution in [1.29, 1.82) is 0 Å². The van der Waals surface area contributed by atoms with Crippen molar-refractivity contribution in [1.82, 2.24) is 21.3 Å². The van der Waals surface area contributed by atoms with E-state index in [0.717, 1.165) is 0 Å². The molecular formula is C20H37N9O8S. The minimum atomic E-state index is -1.35. The van der Waals surface area contributed by atoms with Gasteiger partial charge >= 0.3 is 5.97 Å². The van der Waals surface area contributed by atoms with Crippen LogP contribution in [-0.4, -0.2) is 101 Å². The number of thiol groups is 1. The third-order valence-corrected chi connectivity index (χ3v) is 5.32. The van der Waals surface area contributed by atoms with Crippen molar-refractivity contribution in [3.05, 3.63) is 0 Å². The Hall–Kier alpha value is -3.64. The van der Waals surface area contributed by atoms with Gasteiger partial charge in [0.15, 0.2) is 5.96 Å². The number of aliphatic carboxylic acids is 1. The number of primary amides is 1. The molecule has 0 bridgehead atoms. The minimum Gasteiger partial charge on any atom is -0.480 e. The number of carboxylic acid groups (broad SMARTS) is 1. The van der Waals surface area contributed by atoms with E-state index < -0.39 is 72.3 Å². The quantitative estimate of drug-likeness (QED) is 0.0323. The highest BCUT2D eigenvalue weighted by Crippen LogP contribution is 2.02. The molecule has 0 aromatic heterocycles. The number of aliphatic imine (C=N–C) groups is 1. The fourth-order valence-corrected chi connectivity index (χ4v) is 3.06. The Morgan fingerprint density at radius 1 is 0.895 bits per heavy atom. The number of carbonyl (C=O) groups excluding carboxylic acids is 5. The second kappa shape index (κ2) is 17.8. The third-order valence-electron chi connectivity index (χ3n) is 4.95. The van der Waals surface area contributed by atoms with Crippen molar-refractivity contribution in [2.45, 2.75) is 62.9 Å². The topological polar surface area (TPSA) is 307 Å². The van der Waals surface area contributed by atoms with Gasteiger partial charge in [0.25, 0.3) is 0 Å². The average Bonchev–Trinajstić information content (AvgIpc) is 2.83. The maximum Gasteiger partial charge on any atom is 0.326 e. The molecule has 0 heterocycles. The summed E-state index contributed by atoms with van der Waals surface area (Å²) in [7, 11) is 0. The zero-order valence-corrected chi connectivity index (χ0v) is 21.8. The summed E-state index contributed by atoms with van der Waals surface area (Å²) in [6, 6.07) is -5.17. The second-order valence-corrected chi connectivity index (χ2v) is 8.57. The summed E-state index contributed by atoms with van der Waals surface area (Å²) in [5.41, 5.74) is 21.0. The smallest absolute Gasteiger partial charge is 0.326 e. The van der Waals surface area contributed by atoms with E-state index in [9.17, 15) is 39.0 Å². The molecule has 5 amide bonds. The minimum absolute atomic E-state index is 0.0122. The zero-order chi connectivity index (χ0) is 29.4. The van der Waals surface area contributed by atoms with E-state index >= 15 is 0 Å². The zero-order valence-electron chi connectivity index (χ0n) is 20.9. The SMILES string of the molecule is C[C@@H](O)[C@H](N)C(=O)N[C@H](CCC(N)=O)C(=O)NCC(=O)N[C@H](CS)C(=O)N[C@@H](CCCN=C(N)N)C(=O)O. The Morgan fingerprint density at radius 2 is 1.50 bits per heavy atom. The number of guanidine groups is 1. The molecule has 0 saturated carbocycles. The summed E-state index contributed by atoms with van der Waals surface area (Å²) in [6.07, 6.45) is -1.42. The third kappa shape index (κ3) is 14.2. The van der Waals surface area contributed by atoms with Crippen molar-refractivity contribution >= 4 is 54.1 Å². The van der Waals surface area contributed by atoms with Gasteiger partial charge in [0.2, 0.25) is 29.5 Å². The number of nitrogens with two attached hydrogens (primary N) is 4. The van der Waals surface area contributed by atoms with Crippen LogP contribution < -0.4 is 44.2 Å². The predicted octanol–water partition coefficient (Wildman–Crippen LogP) is -5.40. The van der Waals surface area contributed by atoms with Gasteiger partial charge in [-0.05, 0) is 26.2 Å². The summed E-state index contributed by atoms with van der Waals surface area (Å²) in [5.74, 6) is -5.78. The van der Waals surface area contributed by atoms with Crippen LogP contribution in [0.5, 0.6) is 0 Å². The van der Waals surface area contributed by atoms with Gasteiger partial charge in [0, 0.05) is 18.7 Å². The Morgan fingerprint density at radius 3 is 2.00 bits per heavy atom. The van der Waals surface area contributed by atoms with Crippen LogP contribution >= 0.6 is 12.6 Å². The molecule has 0 unspecified atom stereocenters. The number of carbonyl (C=O) groups is 6. The van der Waals surface area contributed by atoms with Crippen molar-refractivity contribution in [2.24, 2.45) is 27.9 Å². The number of amides is 5. The van der Waals surface area contributed by atoms with E-state index in [1.54, 1.807) is 0 Å². The fraction of sp³-hybridized carbons (Fsp3) is 0.650. The summed E-state index contributed by atoms with van der Waals surface area (Å²) in [5, 5.41) is 27.9. The summed E-state index contributed by atoms with van der Waals surface area (Å²) < 4.78 is 0. The lowest BCUT2D eigenvalue weighted by Crippen LogP contribution is -2.56. The first-order valence-electron chi connectivity index (χ1n) is 11.5. The molecule has 0 aliphatic rings. The second-order valence-electron chi connectivity index (χ2n) is 8.20. The van der Waals surface area contributed by atoms with E-state index in [0.29, 0.717) is 0 Å². The molecule has 17 nitrogen and oxygen atoms in total. The van der Waals surface area contributed by atoms with Crippen molar-refractivity contribution in [3.8, 4) is 0 Å². The summed E-state index contributed by atoms with van der Waals surface area (Å²) in [4.78, 5) is 75.7. The average molecular weight is 564 g/mol. The van der Waals surface area contributed by atoms with Crippen LogP contribution in [0.1, 0.15) is 32.6 Å². The monoisotopic (exact) mass is 563 g/mol. The maximum absolute atomic E-state index is 12.5. The number of carboxylic acids is 1. The number of hydrogen-bond acceptors (Lipinski definition) is 10. The number of hydrogen-bond donors (Lipinski definition) is 11. The Labute approximate surface area is 224 Å². The first-order valence-corrected chi connectivity index (χ1v) is 12.1. The van der Waals surface area contributed by atoms with Gasteiger partial charge in [-0.25, -0.2) is 4.79 Å². The number of nitrogens with one attached hydrogen (secondary N) is 4. The molecule has 0 aromatic rings. The lowest BCUT2D eigenvalue weighted by Gasteiger charge is -2.22. The van der Waals surface area contributed by atoms with Crippen LogP contribution in [0.15, 0.2) is 4.99 Å². The van der Waals surface area contributed by atoms with E-state index in [1.165, 1.54) is 6.92 Å². The molecular weight excluding hydrogens is 526 g/mol. The molecule has 0 fully saturated rings. The molecule has 0 aromatic carbocycles.